The second kappa shape index (κ2) is 3.41. The van der Waals surface area contributed by atoms with E-state index in [9.17, 15) is 4.39 Å². The molecule has 0 aliphatic rings. The highest BCUT2D eigenvalue weighted by Crippen LogP contribution is 2.33. The van der Waals surface area contributed by atoms with Gasteiger partial charge in [-0.15, -0.1) is 0 Å². The molecule has 0 bridgehead atoms. The average molecular weight is 238 g/mol. The fourth-order valence-electron chi connectivity index (χ4n) is 0.647. The molecule has 11 heavy (non-hydrogen) atoms. The van der Waals surface area contributed by atoms with Gasteiger partial charge in [-0.2, -0.15) is 0 Å². The van der Waals surface area contributed by atoms with Gasteiger partial charge in [-0.3, -0.25) is 0 Å². The van der Waals surface area contributed by atoms with Gasteiger partial charge in [0, 0.05) is 6.07 Å². The molecule has 4 heteroatoms. The molecule has 0 saturated carbocycles. The van der Waals surface area contributed by atoms with E-state index in [2.05, 4.69) is 22.0 Å². The van der Waals surface area contributed by atoms with E-state index in [-0.39, 0.29) is 5.02 Å². The number of rotatable bonds is 1. The van der Waals surface area contributed by atoms with E-state index in [1.165, 1.54) is 13.2 Å². The number of hydrogen-bond donors (Lipinski definition) is 0. The molecule has 1 nitrogen and oxygen atoms in total. The third-order valence-corrected chi connectivity index (χ3v) is 2.07. The van der Waals surface area contributed by atoms with Crippen molar-refractivity contribution in [2.45, 2.75) is 0 Å². The minimum Gasteiger partial charge on any atom is -0.494 e. The smallest absolute Gasteiger partial charge is 0.154 e. The highest BCUT2D eigenvalue weighted by atomic mass is 79.9. The summed E-state index contributed by atoms with van der Waals surface area (Å²) < 4.78 is 18.1. The van der Waals surface area contributed by atoms with E-state index in [1.807, 2.05) is 0 Å². The first-order chi connectivity index (χ1) is 5.16. The summed E-state index contributed by atoms with van der Waals surface area (Å²) in [6.07, 6.45) is 0. The van der Waals surface area contributed by atoms with Crippen molar-refractivity contribution in [2.75, 3.05) is 7.11 Å². The Kier molecular flexibility index (Phi) is 2.73. The van der Waals surface area contributed by atoms with Crippen LogP contribution in [0.15, 0.2) is 10.5 Å². The van der Waals surface area contributed by atoms with Crippen LogP contribution in [-0.4, -0.2) is 7.11 Å². The molecule has 0 aliphatic heterocycles. The summed E-state index contributed by atoms with van der Waals surface area (Å²) in [5.41, 5.74) is 0. The van der Waals surface area contributed by atoms with E-state index < -0.39 is 5.82 Å². The average Bonchev–Trinajstić information content (AvgIpc) is 1.99. The first-order valence-corrected chi connectivity index (χ1v) is 3.93. The van der Waals surface area contributed by atoms with Gasteiger partial charge in [0.2, 0.25) is 0 Å². The zero-order chi connectivity index (χ0) is 8.43. The molecular weight excluding hydrogens is 234 g/mol. The third-order valence-electron chi connectivity index (χ3n) is 1.14. The molecule has 0 fully saturated rings. The standard InChI is InChI=1S/C7H4BrClFO/c1-11-7-4(8)2-3-5(10)6(7)9/h2H,1H3. The largest absolute Gasteiger partial charge is 0.494 e. The Labute approximate surface area is 77.2 Å². The highest BCUT2D eigenvalue weighted by Gasteiger charge is 2.09. The predicted molar refractivity (Wildman–Crippen MR) is 44.5 cm³/mol. The highest BCUT2D eigenvalue weighted by molar-refractivity contribution is 9.10. The Morgan fingerprint density at radius 1 is 1.73 bits per heavy atom. The van der Waals surface area contributed by atoms with Gasteiger partial charge in [0.1, 0.15) is 5.02 Å². The lowest BCUT2D eigenvalue weighted by molar-refractivity contribution is 0.409. The van der Waals surface area contributed by atoms with Crippen molar-refractivity contribution in [3.63, 3.8) is 0 Å². The molecule has 0 N–H and O–H groups in total. The number of hydrogen-bond acceptors (Lipinski definition) is 1. The second-order valence-electron chi connectivity index (χ2n) is 1.80. The molecule has 1 rings (SSSR count). The van der Waals surface area contributed by atoms with Gasteiger partial charge in [0.05, 0.1) is 11.6 Å². The van der Waals surface area contributed by atoms with Crippen molar-refractivity contribution >= 4 is 27.5 Å². The molecule has 1 radical (unpaired) electrons. The quantitative estimate of drug-likeness (QED) is 0.683. The molecular formula is C7H4BrClFO. The number of ether oxygens (including phenoxy) is 1. The summed E-state index contributed by atoms with van der Waals surface area (Å²) in [5, 5.41) is -0.0538. The molecule has 0 unspecified atom stereocenters. The summed E-state index contributed by atoms with van der Waals surface area (Å²) in [4.78, 5) is 0. The summed E-state index contributed by atoms with van der Waals surface area (Å²) >= 11 is 8.67. The van der Waals surface area contributed by atoms with E-state index in [1.54, 1.807) is 0 Å². The van der Waals surface area contributed by atoms with Gasteiger partial charge < -0.3 is 4.74 Å². The number of methoxy groups -OCH3 is 1. The van der Waals surface area contributed by atoms with Gasteiger partial charge in [-0.1, -0.05) is 11.6 Å². The maximum absolute atomic E-state index is 12.7. The molecule has 0 aliphatic carbocycles. The van der Waals surface area contributed by atoms with Crippen molar-refractivity contribution in [3.05, 3.63) is 27.4 Å². The van der Waals surface area contributed by atoms with Crippen molar-refractivity contribution in [1.29, 1.82) is 0 Å². The Balaban J connectivity index is 3.29. The van der Waals surface area contributed by atoms with Crippen LogP contribution in [0.4, 0.5) is 4.39 Å². The molecule has 0 spiro atoms. The van der Waals surface area contributed by atoms with Gasteiger partial charge in [-0.25, -0.2) is 4.39 Å². The zero-order valence-electron chi connectivity index (χ0n) is 5.62. The minimum atomic E-state index is -0.605. The topological polar surface area (TPSA) is 9.23 Å². The minimum absolute atomic E-state index is 0.0538. The normalized spacial score (nSPS) is 9.82. The first-order valence-electron chi connectivity index (χ1n) is 2.76. The van der Waals surface area contributed by atoms with E-state index in [0.717, 1.165) is 0 Å². The fourth-order valence-corrected chi connectivity index (χ4v) is 1.47. The molecule has 0 heterocycles. The van der Waals surface area contributed by atoms with Crippen LogP contribution in [0.1, 0.15) is 0 Å². The van der Waals surface area contributed by atoms with Gasteiger partial charge >= 0.3 is 0 Å². The van der Waals surface area contributed by atoms with Crippen LogP contribution in [0.5, 0.6) is 5.75 Å². The molecule has 1 aromatic carbocycles. The Hall–Kier alpha value is -0.280. The van der Waals surface area contributed by atoms with Crippen LogP contribution in [0.3, 0.4) is 0 Å². The van der Waals surface area contributed by atoms with Crippen molar-refractivity contribution < 1.29 is 9.13 Å². The molecule has 0 saturated heterocycles. The zero-order valence-corrected chi connectivity index (χ0v) is 7.96. The van der Waals surface area contributed by atoms with Gasteiger partial charge in [-0.05, 0) is 22.0 Å². The van der Waals surface area contributed by atoms with E-state index in [0.29, 0.717) is 10.2 Å². The van der Waals surface area contributed by atoms with Crippen LogP contribution >= 0.6 is 27.5 Å². The maximum Gasteiger partial charge on any atom is 0.154 e. The number of benzene rings is 1. The van der Waals surface area contributed by atoms with Gasteiger partial charge in [0.25, 0.3) is 0 Å². The first kappa shape index (κ1) is 8.81. The maximum atomic E-state index is 12.7. The molecule has 0 atom stereocenters. The second-order valence-corrected chi connectivity index (χ2v) is 3.03. The summed E-state index contributed by atoms with van der Waals surface area (Å²) in [7, 11) is 1.42. The van der Waals surface area contributed by atoms with Crippen molar-refractivity contribution in [1.82, 2.24) is 0 Å². The van der Waals surface area contributed by atoms with E-state index >= 15 is 0 Å². The van der Waals surface area contributed by atoms with Crippen LogP contribution in [0.25, 0.3) is 0 Å². The summed E-state index contributed by atoms with van der Waals surface area (Å²) in [6.45, 7) is 0. The molecule has 59 valence electrons. The Morgan fingerprint density at radius 2 is 2.36 bits per heavy atom. The lowest BCUT2D eigenvalue weighted by Crippen LogP contribution is -1.88. The molecule has 0 amide bonds. The summed E-state index contributed by atoms with van der Waals surface area (Å²) in [5.74, 6) is -0.311. The van der Waals surface area contributed by atoms with E-state index in [4.69, 9.17) is 16.3 Å². The Bertz CT molecular complexity index is 277. The SMILES string of the molecule is COc1c(Br)c[c]c(F)c1Cl. The predicted octanol–water partition coefficient (Wildman–Crippen LogP) is 3.05. The fraction of sp³-hybridized carbons (Fsp3) is 0.143. The molecule has 0 aromatic heterocycles. The van der Waals surface area contributed by atoms with Crippen LogP contribution in [-0.2, 0) is 0 Å². The monoisotopic (exact) mass is 237 g/mol. The van der Waals surface area contributed by atoms with Crippen LogP contribution in [0.2, 0.25) is 5.02 Å². The van der Waals surface area contributed by atoms with Crippen molar-refractivity contribution in [3.8, 4) is 5.75 Å². The summed E-state index contributed by atoms with van der Waals surface area (Å²) in [6, 6.07) is 3.73. The van der Waals surface area contributed by atoms with Crippen LogP contribution < -0.4 is 4.74 Å². The number of halogens is 3. The van der Waals surface area contributed by atoms with Gasteiger partial charge in [0.15, 0.2) is 11.6 Å². The third kappa shape index (κ3) is 1.65. The van der Waals surface area contributed by atoms with Crippen molar-refractivity contribution in [2.24, 2.45) is 0 Å². The van der Waals surface area contributed by atoms with Crippen LogP contribution in [0, 0.1) is 11.9 Å². The molecule has 1 aromatic rings. The lowest BCUT2D eigenvalue weighted by Gasteiger charge is -2.04. The lowest BCUT2D eigenvalue weighted by atomic mass is 10.3. The Morgan fingerprint density at radius 3 is 2.82 bits per heavy atom.